The zero-order valence-corrected chi connectivity index (χ0v) is 13.9. The van der Waals surface area contributed by atoms with E-state index in [0.717, 1.165) is 0 Å². The van der Waals surface area contributed by atoms with Crippen LogP contribution in [0.2, 0.25) is 18.1 Å². The highest BCUT2D eigenvalue weighted by Gasteiger charge is 2.46. The van der Waals surface area contributed by atoms with Crippen molar-refractivity contribution < 1.29 is 19.0 Å². The van der Waals surface area contributed by atoms with Gasteiger partial charge in [-0.15, -0.1) is 5.54 Å². The number of rotatable bonds is 2. The second-order valence-electron chi connectivity index (χ2n) is 6.59. The second-order valence-corrected chi connectivity index (χ2v) is 11.6. The lowest BCUT2D eigenvalue weighted by Gasteiger charge is -2.31. The minimum Gasteiger partial charge on any atom is -0.424 e. The van der Waals surface area contributed by atoms with Crippen molar-refractivity contribution in [1.82, 2.24) is 0 Å². The SMILES string of the molecule is CC1OC(=O)OC1(C)OCC#C[Si](C)(C)C(C)(C)C. The number of hydrogen-bond acceptors (Lipinski definition) is 4. The molecule has 0 radical (unpaired) electrons. The molecule has 0 aromatic heterocycles. The summed E-state index contributed by atoms with van der Waals surface area (Å²) in [6.07, 6.45) is -1.11. The van der Waals surface area contributed by atoms with E-state index < -0.39 is 26.1 Å². The first-order chi connectivity index (χ1) is 8.48. The zero-order valence-electron chi connectivity index (χ0n) is 12.9. The van der Waals surface area contributed by atoms with E-state index in [2.05, 4.69) is 45.3 Å². The molecule has 0 N–H and O–H groups in total. The Bertz CT molecular complexity index is 413. The second kappa shape index (κ2) is 5.18. The molecule has 1 aliphatic rings. The minimum absolute atomic E-state index is 0.222. The van der Waals surface area contributed by atoms with Gasteiger partial charge in [0.25, 0.3) is 5.79 Å². The lowest BCUT2D eigenvalue weighted by atomic mass is 10.2. The van der Waals surface area contributed by atoms with Crippen molar-refractivity contribution in [3.63, 3.8) is 0 Å². The minimum atomic E-state index is -1.62. The van der Waals surface area contributed by atoms with E-state index in [1.807, 2.05) is 0 Å². The first-order valence-electron chi connectivity index (χ1n) is 6.51. The van der Waals surface area contributed by atoms with E-state index in [1.165, 1.54) is 0 Å². The molecule has 4 nitrogen and oxygen atoms in total. The smallest absolute Gasteiger partial charge is 0.424 e. The Hall–Kier alpha value is -0.993. The standard InChI is InChI=1S/C14H24O4Si/c1-11-14(5,18-12(15)17-11)16-9-8-10-19(6,7)13(2,3)4/h11H,9H2,1-7H3. The van der Waals surface area contributed by atoms with Gasteiger partial charge in [0, 0.05) is 6.92 Å². The van der Waals surface area contributed by atoms with Crippen LogP contribution in [-0.4, -0.2) is 32.7 Å². The van der Waals surface area contributed by atoms with Gasteiger partial charge in [-0.2, -0.15) is 0 Å². The fourth-order valence-electron chi connectivity index (χ4n) is 1.29. The lowest BCUT2D eigenvalue weighted by Crippen LogP contribution is -2.38. The van der Waals surface area contributed by atoms with Crippen molar-refractivity contribution >= 4 is 14.2 Å². The number of carbonyl (C=O) groups excluding carboxylic acids is 1. The molecule has 1 fully saturated rings. The quantitative estimate of drug-likeness (QED) is 0.443. The summed E-state index contributed by atoms with van der Waals surface area (Å²) in [4.78, 5) is 11.0. The predicted molar refractivity (Wildman–Crippen MR) is 76.4 cm³/mol. The highest BCUT2D eigenvalue weighted by Crippen LogP contribution is 2.35. The molecule has 2 atom stereocenters. The lowest BCUT2D eigenvalue weighted by molar-refractivity contribution is -0.177. The number of hydrogen-bond donors (Lipinski definition) is 0. The van der Waals surface area contributed by atoms with Gasteiger partial charge < -0.3 is 14.2 Å². The zero-order chi connectivity index (χ0) is 14.9. The van der Waals surface area contributed by atoms with Crippen LogP contribution in [-0.2, 0) is 14.2 Å². The van der Waals surface area contributed by atoms with Crippen molar-refractivity contribution in [3.8, 4) is 11.5 Å². The van der Waals surface area contributed by atoms with Crippen LogP contribution in [0, 0.1) is 11.5 Å². The maximum absolute atomic E-state index is 11.0. The molecule has 5 heteroatoms. The van der Waals surface area contributed by atoms with Gasteiger partial charge in [-0.1, -0.05) is 39.8 Å². The molecule has 0 aromatic carbocycles. The summed E-state index contributed by atoms with van der Waals surface area (Å²) in [5.74, 6) is 2.03. The van der Waals surface area contributed by atoms with Crippen LogP contribution in [0.15, 0.2) is 0 Å². The van der Waals surface area contributed by atoms with E-state index in [9.17, 15) is 4.79 Å². The molecule has 0 aromatic rings. The maximum Gasteiger partial charge on any atom is 0.511 e. The Morgan fingerprint density at radius 2 is 2.00 bits per heavy atom. The summed E-state index contributed by atoms with van der Waals surface area (Å²) < 4.78 is 15.5. The van der Waals surface area contributed by atoms with Gasteiger partial charge in [-0.05, 0) is 12.0 Å². The summed E-state index contributed by atoms with van der Waals surface area (Å²) in [5, 5.41) is 0.222. The van der Waals surface area contributed by atoms with Gasteiger partial charge in [0.2, 0.25) is 0 Å². The number of ether oxygens (including phenoxy) is 3. The maximum atomic E-state index is 11.0. The molecule has 0 bridgehead atoms. The fourth-order valence-corrected chi connectivity index (χ4v) is 2.18. The Balaban J connectivity index is 2.59. The van der Waals surface area contributed by atoms with Gasteiger partial charge in [-0.25, -0.2) is 4.79 Å². The molecule has 1 saturated heterocycles. The molecule has 19 heavy (non-hydrogen) atoms. The summed E-state index contributed by atoms with van der Waals surface area (Å²) in [6.45, 7) is 14.8. The average Bonchev–Trinajstić information content (AvgIpc) is 2.46. The summed E-state index contributed by atoms with van der Waals surface area (Å²) >= 11 is 0. The van der Waals surface area contributed by atoms with Crippen molar-refractivity contribution in [2.75, 3.05) is 6.61 Å². The average molecular weight is 284 g/mol. The first kappa shape index (κ1) is 16.1. The molecular formula is C14H24O4Si. The normalized spacial score (nSPS) is 27.3. The molecule has 0 amide bonds. The molecular weight excluding hydrogens is 260 g/mol. The summed E-state index contributed by atoms with van der Waals surface area (Å²) in [7, 11) is -1.62. The Kier molecular flexibility index (Phi) is 4.38. The van der Waals surface area contributed by atoms with E-state index in [-0.39, 0.29) is 11.6 Å². The van der Waals surface area contributed by atoms with E-state index in [0.29, 0.717) is 0 Å². The topological polar surface area (TPSA) is 44.8 Å². The highest BCUT2D eigenvalue weighted by molar-refractivity contribution is 6.87. The molecule has 108 valence electrons. The van der Waals surface area contributed by atoms with Crippen LogP contribution in [0.1, 0.15) is 34.6 Å². The third-order valence-corrected chi connectivity index (χ3v) is 8.56. The van der Waals surface area contributed by atoms with Gasteiger partial charge in [0.15, 0.2) is 6.10 Å². The summed E-state index contributed by atoms with van der Waals surface area (Å²) in [6, 6.07) is 0. The van der Waals surface area contributed by atoms with Crippen LogP contribution in [0.25, 0.3) is 0 Å². The van der Waals surface area contributed by atoms with Crippen molar-refractivity contribution in [1.29, 1.82) is 0 Å². The van der Waals surface area contributed by atoms with Crippen molar-refractivity contribution in [2.45, 2.75) is 64.6 Å². The van der Waals surface area contributed by atoms with Gasteiger partial charge >= 0.3 is 6.16 Å². The Labute approximate surface area is 116 Å². The monoisotopic (exact) mass is 284 g/mol. The molecule has 1 rings (SSSR count). The Morgan fingerprint density at radius 1 is 1.42 bits per heavy atom. The largest absolute Gasteiger partial charge is 0.511 e. The van der Waals surface area contributed by atoms with Crippen LogP contribution in [0.4, 0.5) is 4.79 Å². The van der Waals surface area contributed by atoms with E-state index in [1.54, 1.807) is 13.8 Å². The summed E-state index contributed by atoms with van der Waals surface area (Å²) in [5.41, 5.74) is 3.35. The van der Waals surface area contributed by atoms with Crippen LogP contribution in [0.5, 0.6) is 0 Å². The van der Waals surface area contributed by atoms with Gasteiger partial charge in [0.05, 0.1) is 0 Å². The molecule has 1 heterocycles. The predicted octanol–water partition coefficient (Wildman–Crippen LogP) is 3.33. The van der Waals surface area contributed by atoms with Crippen LogP contribution in [0.3, 0.4) is 0 Å². The van der Waals surface area contributed by atoms with Gasteiger partial charge in [0.1, 0.15) is 14.7 Å². The molecule has 2 unspecified atom stereocenters. The van der Waals surface area contributed by atoms with Crippen molar-refractivity contribution in [3.05, 3.63) is 0 Å². The molecule has 0 spiro atoms. The molecule has 0 saturated carbocycles. The van der Waals surface area contributed by atoms with Gasteiger partial charge in [-0.3, -0.25) is 0 Å². The van der Waals surface area contributed by atoms with Crippen LogP contribution >= 0.6 is 0 Å². The van der Waals surface area contributed by atoms with Crippen LogP contribution < -0.4 is 0 Å². The van der Waals surface area contributed by atoms with E-state index in [4.69, 9.17) is 14.2 Å². The number of carbonyl (C=O) groups is 1. The van der Waals surface area contributed by atoms with Crippen molar-refractivity contribution in [2.24, 2.45) is 0 Å². The first-order valence-corrected chi connectivity index (χ1v) is 9.51. The highest BCUT2D eigenvalue weighted by atomic mass is 28.3. The Morgan fingerprint density at radius 3 is 2.42 bits per heavy atom. The van der Waals surface area contributed by atoms with E-state index >= 15 is 0 Å². The third kappa shape index (κ3) is 3.74. The molecule has 1 aliphatic heterocycles. The molecule has 0 aliphatic carbocycles. The third-order valence-electron chi connectivity index (χ3n) is 4.00. The fraction of sp³-hybridized carbons (Fsp3) is 0.786. The number of cyclic esters (lactones) is 2.